The van der Waals surface area contributed by atoms with E-state index in [0.717, 1.165) is 28.0 Å². The lowest BCUT2D eigenvalue weighted by Gasteiger charge is -2.62. The first-order valence-electron chi connectivity index (χ1n) is 21.5. The number of esters is 1. The number of carbonyl (C=O) groups excluding carboxylic acids is 3. The number of nitriles is 1. The number of ketones is 1. The first-order chi connectivity index (χ1) is 30.1. The predicted molar refractivity (Wildman–Crippen MR) is 236 cm³/mol. The number of fused-ring (bicyclic) bond motifs is 11. The first-order valence-corrected chi connectivity index (χ1v) is 22.7. The van der Waals surface area contributed by atoms with Gasteiger partial charge in [-0.25, -0.2) is 9.59 Å². The van der Waals surface area contributed by atoms with Gasteiger partial charge in [0.15, 0.2) is 22.9 Å². The number of ether oxygens (including phenoxy) is 5. The molecule has 2 N–H and O–H groups in total. The second-order valence-electron chi connectivity index (χ2n) is 18.5. The Bertz CT molecular complexity index is 2480. The molecule has 0 radical (unpaired) electrons. The van der Waals surface area contributed by atoms with Crippen LogP contribution in [-0.4, -0.2) is 113 Å². The maximum absolute atomic E-state index is 14.5. The molecule has 7 atom stereocenters. The Kier molecular flexibility index (Phi) is 10.9. The number of benzene rings is 3. The molecule has 3 aromatic rings. The van der Waals surface area contributed by atoms with Crippen molar-refractivity contribution in [2.75, 3.05) is 39.1 Å². The number of likely N-dealkylation sites (N-methyl/N-ethyl adjacent to an activating group) is 1. The highest BCUT2D eigenvalue weighted by atomic mass is 32.2. The Morgan fingerprint density at radius 2 is 1.71 bits per heavy atom. The number of nitrogens with one attached hydrogen (secondary N) is 1. The van der Waals surface area contributed by atoms with Crippen LogP contribution in [0.15, 0.2) is 77.3 Å². The van der Waals surface area contributed by atoms with Crippen molar-refractivity contribution in [3.05, 3.63) is 111 Å². The summed E-state index contributed by atoms with van der Waals surface area (Å²) in [7, 11) is 3.64. The molecule has 63 heavy (non-hydrogen) atoms. The maximum atomic E-state index is 14.5. The minimum atomic E-state index is -2.07. The number of piperazine rings is 1. The summed E-state index contributed by atoms with van der Waals surface area (Å²) in [5.74, 6) is 0.839. The number of nitrogens with zero attached hydrogens (tertiary/aromatic N) is 3. The van der Waals surface area contributed by atoms with Crippen molar-refractivity contribution in [1.29, 1.82) is 5.26 Å². The molecule has 0 spiro atoms. The van der Waals surface area contributed by atoms with Crippen LogP contribution in [0, 0.1) is 25.2 Å². The summed E-state index contributed by atoms with van der Waals surface area (Å²) >= 11 is 1.52. The Labute approximate surface area is 372 Å². The number of carbonyl (C=O) groups is 3. The fourth-order valence-electron chi connectivity index (χ4n) is 11.3. The van der Waals surface area contributed by atoms with E-state index in [0.29, 0.717) is 12.2 Å². The van der Waals surface area contributed by atoms with Gasteiger partial charge in [-0.3, -0.25) is 14.6 Å². The van der Waals surface area contributed by atoms with Gasteiger partial charge in [-0.05, 0) is 99.5 Å². The zero-order chi connectivity index (χ0) is 44.7. The van der Waals surface area contributed by atoms with E-state index in [2.05, 4.69) is 46.6 Å². The normalized spacial score (nSPS) is 26.5. The van der Waals surface area contributed by atoms with Gasteiger partial charge >= 0.3 is 12.1 Å². The summed E-state index contributed by atoms with van der Waals surface area (Å²) < 4.78 is 29.7. The van der Waals surface area contributed by atoms with E-state index < -0.39 is 53.2 Å². The van der Waals surface area contributed by atoms with E-state index >= 15 is 0 Å². The number of methoxy groups -OCH3 is 1. The third-order valence-electron chi connectivity index (χ3n) is 13.7. The van der Waals surface area contributed by atoms with E-state index in [-0.39, 0.29) is 66.2 Å². The number of hydrogen-bond acceptors (Lipinski definition) is 13. The molecular weight excluding hydrogens is 821 g/mol. The number of hydrogen-bond donors (Lipinski definition) is 2. The largest absolute Gasteiger partial charge is 0.496 e. The molecule has 9 rings (SSSR count). The summed E-state index contributed by atoms with van der Waals surface area (Å²) in [6.45, 7) is 10.4. The molecule has 1 amide bonds. The lowest BCUT2D eigenvalue weighted by molar-refractivity contribution is -0.159. The number of thioether (sulfide) groups is 1. The molecule has 2 bridgehead atoms. The molecule has 3 saturated heterocycles. The van der Waals surface area contributed by atoms with Crippen molar-refractivity contribution in [3.8, 4) is 22.9 Å². The quantitative estimate of drug-likeness (QED) is 0.228. The number of aryl methyl sites for hydroxylation is 1. The van der Waals surface area contributed by atoms with Crippen LogP contribution in [0.5, 0.6) is 5.75 Å². The average molecular weight is 875 g/mol. The topological polar surface area (TPSA) is 160 Å². The third kappa shape index (κ3) is 6.99. The van der Waals surface area contributed by atoms with Crippen molar-refractivity contribution >= 4 is 29.6 Å². The van der Waals surface area contributed by atoms with Crippen molar-refractivity contribution < 1.29 is 43.2 Å². The van der Waals surface area contributed by atoms with Gasteiger partial charge in [0.05, 0.1) is 25.3 Å². The van der Waals surface area contributed by atoms with Crippen molar-refractivity contribution in [2.45, 2.75) is 108 Å². The Hall–Kier alpha value is -5.33. The molecular formula is C49H54N4O9S. The second kappa shape index (κ2) is 16.0. The minimum Gasteiger partial charge on any atom is -0.496 e. The Balaban J connectivity index is 1.06. The molecule has 4 aliphatic heterocycles. The van der Waals surface area contributed by atoms with Crippen LogP contribution < -0.4 is 10.1 Å². The number of aliphatic hydroxyl groups is 1. The van der Waals surface area contributed by atoms with Crippen LogP contribution in [-0.2, 0) is 35.0 Å². The van der Waals surface area contributed by atoms with E-state index in [1.54, 1.807) is 34.8 Å². The molecule has 0 saturated carbocycles. The van der Waals surface area contributed by atoms with Gasteiger partial charge in [-0.1, -0.05) is 54.6 Å². The van der Waals surface area contributed by atoms with E-state index in [4.69, 9.17) is 23.7 Å². The first kappa shape index (κ1) is 42.9. The van der Waals surface area contributed by atoms with Crippen LogP contribution in [0.3, 0.4) is 0 Å². The van der Waals surface area contributed by atoms with Gasteiger partial charge in [0.2, 0.25) is 6.79 Å². The Morgan fingerprint density at radius 3 is 2.37 bits per heavy atom. The highest BCUT2D eigenvalue weighted by Crippen LogP contribution is 2.55. The lowest BCUT2D eigenvalue weighted by Crippen LogP contribution is -2.74. The molecule has 330 valence electrons. The maximum Gasteiger partial charge on any atom is 0.408 e. The van der Waals surface area contributed by atoms with Gasteiger partial charge in [0.1, 0.15) is 30.0 Å². The molecule has 4 heterocycles. The monoisotopic (exact) mass is 874 g/mol. The van der Waals surface area contributed by atoms with Crippen LogP contribution in [0.2, 0.25) is 0 Å². The number of piperidine rings is 1. The summed E-state index contributed by atoms with van der Waals surface area (Å²) in [5, 5.41) is 26.8. The van der Waals surface area contributed by atoms with Crippen molar-refractivity contribution in [3.63, 3.8) is 0 Å². The van der Waals surface area contributed by atoms with Crippen LogP contribution in [0.4, 0.5) is 4.79 Å². The van der Waals surface area contributed by atoms with Crippen LogP contribution >= 0.6 is 11.8 Å². The van der Waals surface area contributed by atoms with E-state index in [1.807, 2.05) is 50.1 Å². The van der Waals surface area contributed by atoms with E-state index in [1.165, 1.54) is 34.0 Å². The summed E-state index contributed by atoms with van der Waals surface area (Å²) in [4.78, 5) is 46.6. The molecule has 2 aliphatic carbocycles. The number of amides is 1. The molecule has 3 aromatic carbocycles. The molecule has 3 fully saturated rings. The summed E-state index contributed by atoms with van der Waals surface area (Å²) in [5.41, 5.74) is 6.40. The highest BCUT2D eigenvalue weighted by molar-refractivity contribution is 7.99. The van der Waals surface area contributed by atoms with Gasteiger partial charge in [-0.15, -0.1) is 0 Å². The van der Waals surface area contributed by atoms with E-state index in [9.17, 15) is 24.8 Å². The Morgan fingerprint density at radius 1 is 1.05 bits per heavy atom. The predicted octanol–water partition coefficient (Wildman–Crippen LogP) is 6.39. The van der Waals surface area contributed by atoms with Crippen molar-refractivity contribution in [2.24, 2.45) is 0 Å². The van der Waals surface area contributed by atoms with Crippen LogP contribution in [0.25, 0.3) is 11.1 Å². The average Bonchev–Trinajstić information content (AvgIpc) is 3.85. The number of alkyl carbamates (subject to hydrolysis) is 1. The zero-order valence-electron chi connectivity index (χ0n) is 36.9. The SMILES string of the molecule is COc1c(C)cc2c(c1C)[C@@H]1[C@@H]3CC4(O)C(=O)C(C)=C5OCOC5=C4[C@H](COC(=O)[C@@H](CSCC4c5ccccc5-c5ccccc54)NC(=O)OC(C)(C)C)N3[C@@H](C#N)[C@H](C2)N1C. The molecule has 1 unspecified atom stereocenters. The minimum absolute atomic E-state index is 0.0506. The third-order valence-corrected chi connectivity index (χ3v) is 14.9. The summed E-state index contributed by atoms with van der Waals surface area (Å²) in [6.07, 6.45) is -0.254. The number of Topliss-reactive ketones (excluding diaryl/α,β-unsaturated/α-hetero) is 1. The zero-order valence-corrected chi connectivity index (χ0v) is 37.8. The second-order valence-corrected chi connectivity index (χ2v) is 19.6. The summed E-state index contributed by atoms with van der Waals surface area (Å²) in [6, 6.07) is 17.3. The molecule has 14 heteroatoms. The van der Waals surface area contributed by atoms with Gasteiger partial charge < -0.3 is 34.1 Å². The molecule has 0 aromatic heterocycles. The van der Waals surface area contributed by atoms with Crippen molar-refractivity contribution in [1.82, 2.24) is 15.1 Å². The highest BCUT2D eigenvalue weighted by Gasteiger charge is 2.64. The van der Waals surface area contributed by atoms with Gasteiger partial charge in [0, 0.05) is 47.1 Å². The smallest absolute Gasteiger partial charge is 0.408 e. The fraction of sp³-hybridized carbons (Fsp3) is 0.469. The standard InChI is InChI=1S/C49H54N4O9S/c1-25-17-28-18-35-37(20-50)53-36(41(52(35)7)39(28)26(2)42(25)58-8)19-49(57)40(44-43(60-24-61-44)27(3)45(49)54)38(53)21-59-46(55)34(51-47(56)62-48(4,5)6)23-63-22-33-31-15-11-9-13-29(31)30-14-10-12-16-32(30)33/h9-17,33-38,41,57H,18-19,21-24H2,1-8H3,(H,51,56)/t34-,35+,36+,37+,38+,41+,49?/m1/s1. The van der Waals surface area contributed by atoms with Crippen LogP contribution in [0.1, 0.15) is 79.5 Å². The molecule has 13 nitrogen and oxygen atoms in total. The van der Waals surface area contributed by atoms with Gasteiger partial charge in [-0.2, -0.15) is 17.0 Å². The lowest BCUT2D eigenvalue weighted by atomic mass is 9.64. The molecule has 6 aliphatic rings. The number of rotatable bonds is 9. The fourth-order valence-corrected chi connectivity index (χ4v) is 12.4. The van der Waals surface area contributed by atoms with Gasteiger partial charge in [0.25, 0.3) is 0 Å².